The molecule has 5 heteroatoms. The van der Waals surface area contributed by atoms with Gasteiger partial charge in [-0.05, 0) is 7.05 Å². The van der Waals surface area contributed by atoms with E-state index < -0.39 is 12.0 Å². The van der Waals surface area contributed by atoms with Crippen LogP contribution in [-0.4, -0.2) is 41.5 Å². The molecule has 12 heavy (non-hydrogen) atoms. The maximum atomic E-state index is 10.5. The van der Waals surface area contributed by atoms with E-state index in [2.05, 4.69) is 10.3 Å². The standard InChI is InChI=1S/C7H12N2O2S/c1-8-3-2-6-9-5(4-12-6)7(10)11/h5,8H,2-4H2,1H3,(H,10,11). The highest BCUT2D eigenvalue weighted by Crippen LogP contribution is 2.19. The third-order valence-electron chi connectivity index (χ3n) is 1.58. The number of carboxylic acid groups (broad SMARTS) is 1. The highest BCUT2D eigenvalue weighted by molar-refractivity contribution is 8.14. The van der Waals surface area contributed by atoms with Gasteiger partial charge in [0.25, 0.3) is 0 Å². The third kappa shape index (κ3) is 2.49. The summed E-state index contributed by atoms with van der Waals surface area (Å²) in [7, 11) is 1.87. The first-order chi connectivity index (χ1) is 5.74. The SMILES string of the molecule is CNCCC1=NC(C(=O)O)CS1. The fraction of sp³-hybridized carbons (Fsp3) is 0.714. The molecule has 4 nitrogen and oxygen atoms in total. The van der Waals surface area contributed by atoms with E-state index in [0.717, 1.165) is 18.0 Å². The average molecular weight is 188 g/mol. The van der Waals surface area contributed by atoms with Crippen molar-refractivity contribution in [3.63, 3.8) is 0 Å². The van der Waals surface area contributed by atoms with Crippen LogP contribution in [0.3, 0.4) is 0 Å². The Balaban J connectivity index is 2.37. The molecular formula is C7H12N2O2S. The van der Waals surface area contributed by atoms with Gasteiger partial charge < -0.3 is 10.4 Å². The largest absolute Gasteiger partial charge is 0.480 e. The second-order valence-electron chi connectivity index (χ2n) is 2.54. The average Bonchev–Trinajstić information content (AvgIpc) is 2.48. The molecule has 2 N–H and O–H groups in total. The van der Waals surface area contributed by atoms with E-state index in [1.807, 2.05) is 7.05 Å². The van der Waals surface area contributed by atoms with Crippen LogP contribution in [0.5, 0.6) is 0 Å². The Morgan fingerprint density at radius 1 is 1.92 bits per heavy atom. The van der Waals surface area contributed by atoms with Gasteiger partial charge in [0.2, 0.25) is 0 Å². The first kappa shape index (κ1) is 9.54. The summed E-state index contributed by atoms with van der Waals surface area (Å²) in [6, 6.07) is -0.512. The molecule has 1 aliphatic rings. The van der Waals surface area contributed by atoms with Crippen molar-refractivity contribution in [3.05, 3.63) is 0 Å². The van der Waals surface area contributed by atoms with Crippen LogP contribution in [0.4, 0.5) is 0 Å². The van der Waals surface area contributed by atoms with Crippen molar-refractivity contribution in [1.29, 1.82) is 0 Å². The predicted molar refractivity (Wildman–Crippen MR) is 49.9 cm³/mol. The molecule has 0 saturated carbocycles. The second-order valence-corrected chi connectivity index (χ2v) is 3.63. The van der Waals surface area contributed by atoms with E-state index in [1.165, 1.54) is 0 Å². The Morgan fingerprint density at radius 3 is 3.17 bits per heavy atom. The summed E-state index contributed by atoms with van der Waals surface area (Å²) >= 11 is 1.55. The summed E-state index contributed by atoms with van der Waals surface area (Å²) in [5.74, 6) is -0.226. The molecule has 68 valence electrons. The lowest BCUT2D eigenvalue weighted by atomic mass is 10.3. The minimum Gasteiger partial charge on any atom is -0.480 e. The van der Waals surface area contributed by atoms with E-state index in [-0.39, 0.29) is 0 Å². The van der Waals surface area contributed by atoms with Crippen LogP contribution in [-0.2, 0) is 4.79 Å². The van der Waals surface area contributed by atoms with Gasteiger partial charge in [-0.1, -0.05) is 0 Å². The zero-order chi connectivity index (χ0) is 8.97. The van der Waals surface area contributed by atoms with Gasteiger partial charge in [-0.25, -0.2) is 4.79 Å². The Labute approximate surface area is 75.4 Å². The van der Waals surface area contributed by atoms with Crippen molar-refractivity contribution in [2.24, 2.45) is 4.99 Å². The van der Waals surface area contributed by atoms with E-state index in [0.29, 0.717) is 5.75 Å². The van der Waals surface area contributed by atoms with Crippen molar-refractivity contribution in [1.82, 2.24) is 5.32 Å². The number of thioether (sulfide) groups is 1. The maximum Gasteiger partial charge on any atom is 0.329 e. The van der Waals surface area contributed by atoms with Gasteiger partial charge in [-0.15, -0.1) is 11.8 Å². The number of carboxylic acids is 1. The molecular weight excluding hydrogens is 176 g/mol. The van der Waals surface area contributed by atoms with Crippen LogP contribution in [0.1, 0.15) is 6.42 Å². The van der Waals surface area contributed by atoms with Crippen LogP contribution in [0.2, 0.25) is 0 Å². The summed E-state index contributed by atoms with van der Waals surface area (Å²) in [5, 5.41) is 12.6. The summed E-state index contributed by atoms with van der Waals surface area (Å²) in [6.45, 7) is 0.859. The number of nitrogens with zero attached hydrogens (tertiary/aromatic N) is 1. The zero-order valence-corrected chi connectivity index (χ0v) is 7.73. The Hall–Kier alpha value is -0.550. The lowest BCUT2D eigenvalue weighted by Gasteiger charge is -1.96. The lowest BCUT2D eigenvalue weighted by molar-refractivity contribution is -0.137. The van der Waals surface area contributed by atoms with Crippen LogP contribution in [0.25, 0.3) is 0 Å². The molecule has 0 radical (unpaired) electrons. The number of aliphatic carboxylic acids is 1. The molecule has 1 heterocycles. The number of hydrogen-bond acceptors (Lipinski definition) is 4. The molecule has 0 aromatic heterocycles. The molecule has 1 atom stereocenters. The van der Waals surface area contributed by atoms with Crippen molar-refractivity contribution < 1.29 is 9.90 Å². The third-order valence-corrected chi connectivity index (χ3v) is 2.71. The molecule has 1 aliphatic heterocycles. The maximum absolute atomic E-state index is 10.5. The van der Waals surface area contributed by atoms with E-state index in [1.54, 1.807) is 11.8 Å². The lowest BCUT2D eigenvalue weighted by Crippen LogP contribution is -2.17. The summed E-state index contributed by atoms with van der Waals surface area (Å²) < 4.78 is 0. The van der Waals surface area contributed by atoms with Crippen molar-refractivity contribution in [3.8, 4) is 0 Å². The monoisotopic (exact) mass is 188 g/mol. The van der Waals surface area contributed by atoms with E-state index in [9.17, 15) is 4.79 Å². The van der Waals surface area contributed by atoms with Crippen LogP contribution >= 0.6 is 11.8 Å². The number of nitrogens with one attached hydrogen (secondary N) is 1. The van der Waals surface area contributed by atoms with Gasteiger partial charge in [-0.2, -0.15) is 0 Å². The number of rotatable bonds is 4. The fourth-order valence-corrected chi connectivity index (χ4v) is 1.93. The molecule has 0 aromatic carbocycles. The number of carbonyl (C=O) groups is 1. The Bertz CT molecular complexity index is 206. The quantitative estimate of drug-likeness (QED) is 0.661. The molecule has 0 saturated heterocycles. The van der Waals surface area contributed by atoms with Crippen molar-refractivity contribution in [2.45, 2.75) is 12.5 Å². The van der Waals surface area contributed by atoms with Gasteiger partial charge in [0.15, 0.2) is 6.04 Å². The van der Waals surface area contributed by atoms with Crippen LogP contribution in [0, 0.1) is 0 Å². The zero-order valence-electron chi connectivity index (χ0n) is 6.91. The topological polar surface area (TPSA) is 61.7 Å². The van der Waals surface area contributed by atoms with Crippen molar-refractivity contribution >= 4 is 22.8 Å². The van der Waals surface area contributed by atoms with Gasteiger partial charge in [0.1, 0.15) is 0 Å². The summed E-state index contributed by atoms with van der Waals surface area (Å²) in [4.78, 5) is 14.6. The molecule has 0 fully saturated rings. The molecule has 0 spiro atoms. The summed E-state index contributed by atoms with van der Waals surface area (Å²) in [5.41, 5.74) is 0. The highest BCUT2D eigenvalue weighted by Gasteiger charge is 2.23. The van der Waals surface area contributed by atoms with Gasteiger partial charge in [0.05, 0.1) is 5.04 Å². The minimum atomic E-state index is -0.818. The molecule has 1 rings (SSSR count). The van der Waals surface area contributed by atoms with E-state index >= 15 is 0 Å². The normalized spacial score (nSPS) is 22.4. The first-order valence-corrected chi connectivity index (χ1v) is 4.79. The molecule has 0 aromatic rings. The summed E-state index contributed by atoms with van der Waals surface area (Å²) in [6.07, 6.45) is 0.838. The first-order valence-electron chi connectivity index (χ1n) is 3.81. The highest BCUT2D eigenvalue weighted by atomic mass is 32.2. The predicted octanol–water partition coefficient (Wildman–Crippen LogP) is 0.194. The van der Waals surface area contributed by atoms with Gasteiger partial charge >= 0.3 is 5.97 Å². The van der Waals surface area contributed by atoms with Crippen molar-refractivity contribution in [2.75, 3.05) is 19.3 Å². The smallest absolute Gasteiger partial charge is 0.329 e. The number of aliphatic imine (C=N–C) groups is 1. The molecule has 0 amide bonds. The Morgan fingerprint density at radius 2 is 2.67 bits per heavy atom. The van der Waals surface area contributed by atoms with Crippen LogP contribution < -0.4 is 5.32 Å². The fourth-order valence-electron chi connectivity index (χ4n) is 0.919. The van der Waals surface area contributed by atoms with Gasteiger partial charge in [-0.3, -0.25) is 4.99 Å². The Kier molecular flexibility index (Phi) is 3.55. The van der Waals surface area contributed by atoms with E-state index in [4.69, 9.17) is 5.11 Å². The molecule has 0 aliphatic carbocycles. The number of hydrogen-bond donors (Lipinski definition) is 2. The van der Waals surface area contributed by atoms with Gasteiger partial charge in [0, 0.05) is 18.7 Å². The molecule has 1 unspecified atom stereocenters. The van der Waals surface area contributed by atoms with Crippen LogP contribution in [0.15, 0.2) is 4.99 Å². The second kappa shape index (κ2) is 4.47. The minimum absolute atomic E-state index is 0.512. The molecule has 0 bridgehead atoms.